The van der Waals surface area contributed by atoms with Gasteiger partial charge in [0.05, 0.1) is 17.1 Å². The first-order chi connectivity index (χ1) is 19.7. The third-order valence-electron chi connectivity index (χ3n) is 3.98. The number of halogens is 12. The van der Waals surface area contributed by atoms with E-state index in [1.54, 1.807) is 6.07 Å². The first kappa shape index (κ1) is 38.7. The number of nitrogen functional groups attached to an aromatic ring is 1. The quantitative estimate of drug-likeness (QED) is 0.0736. The molecule has 0 unspecified atom stereocenters. The average molecular weight is 739 g/mol. The summed E-state index contributed by atoms with van der Waals surface area (Å²) in [6.07, 6.45) is 0.634. The van der Waals surface area contributed by atoms with Crippen LogP contribution in [0, 0.1) is 17.5 Å². The summed E-state index contributed by atoms with van der Waals surface area (Å²) in [5.74, 6) is -2.33. The Morgan fingerprint density at radius 3 is 1.26 bits per heavy atom. The van der Waals surface area contributed by atoms with E-state index in [4.69, 9.17) is 40.5 Å². The molecule has 2 amide bonds. The number of hydrogen-bond donors (Lipinski definition) is 3. The molecular formula is C23H15Cl3F9N3O2S3. The molecule has 0 aromatic heterocycles. The van der Waals surface area contributed by atoms with Crippen LogP contribution in [0.5, 0.6) is 0 Å². The Labute approximate surface area is 265 Å². The van der Waals surface area contributed by atoms with Crippen LogP contribution < -0.4 is 16.4 Å². The predicted molar refractivity (Wildman–Crippen MR) is 153 cm³/mol. The molecule has 5 nitrogen and oxygen atoms in total. The van der Waals surface area contributed by atoms with Gasteiger partial charge in [-0.25, -0.2) is 13.2 Å². The van der Waals surface area contributed by atoms with Crippen molar-refractivity contribution in [1.82, 2.24) is 0 Å². The fourth-order valence-electron chi connectivity index (χ4n) is 2.45. The molecule has 3 rings (SSSR count). The Bertz CT molecular complexity index is 1310. The Morgan fingerprint density at radius 1 is 0.605 bits per heavy atom. The van der Waals surface area contributed by atoms with Crippen molar-refractivity contribution in [3.8, 4) is 0 Å². The van der Waals surface area contributed by atoms with Gasteiger partial charge in [-0.3, -0.25) is 9.59 Å². The molecule has 0 bridgehead atoms. The van der Waals surface area contributed by atoms with Crippen molar-refractivity contribution in [3.63, 3.8) is 0 Å². The Kier molecular flexibility index (Phi) is 15.5. The van der Waals surface area contributed by atoms with Crippen LogP contribution in [0.1, 0.15) is 0 Å². The molecule has 0 aliphatic carbocycles. The third kappa shape index (κ3) is 16.9. The van der Waals surface area contributed by atoms with E-state index in [0.29, 0.717) is 17.4 Å². The second-order valence-corrected chi connectivity index (χ2v) is 13.7. The van der Waals surface area contributed by atoms with E-state index in [9.17, 15) is 49.1 Å². The van der Waals surface area contributed by atoms with Gasteiger partial charge in [-0.2, -0.15) is 26.3 Å². The zero-order chi connectivity index (χ0) is 33.0. The smallest absolute Gasteiger partial charge is 0.396 e. The standard InChI is InChI=1S/C8H5Cl3FNOS.C8H5F4NOS.C7H5F4NS/c9-8(10,11)15-5-1-2-7(13-4-14)6(12)3-5;9-6-3-5(15-8(10,11)12)1-2-7(6)13-4-14;8-5-3-4(1-2-6(5)12)13-7(9,10)11/h2*1-4H,(H,13,14);1-3H,12H2. The predicted octanol–water partition coefficient (Wildman–Crippen LogP) is 9.84. The topological polar surface area (TPSA) is 84.2 Å². The highest BCUT2D eigenvalue weighted by molar-refractivity contribution is 8.04. The number of benzene rings is 3. The SMILES string of the molecule is Nc1ccc(SC(F)(F)F)cc1F.O=CNc1ccc(SC(Cl)(Cl)Cl)cc1F.O=CNc1ccc(SC(F)(F)F)cc1F. The number of nitrogens with two attached hydrogens (primary N) is 1. The maximum absolute atomic E-state index is 13.2. The molecule has 0 saturated heterocycles. The number of hydrogen-bond acceptors (Lipinski definition) is 6. The monoisotopic (exact) mass is 737 g/mol. The Morgan fingerprint density at radius 2 is 0.953 bits per heavy atom. The Hall–Kier alpha value is -2.31. The fourth-order valence-corrected chi connectivity index (χ4v) is 4.95. The van der Waals surface area contributed by atoms with E-state index >= 15 is 0 Å². The Balaban J connectivity index is 0.000000324. The molecule has 3 aromatic carbocycles. The average Bonchev–Trinajstić information content (AvgIpc) is 2.83. The van der Waals surface area contributed by atoms with Crippen LogP contribution in [0.4, 0.5) is 56.6 Å². The maximum atomic E-state index is 13.2. The molecule has 0 aliphatic heterocycles. The van der Waals surface area contributed by atoms with Crippen molar-refractivity contribution >= 4 is 100.0 Å². The van der Waals surface area contributed by atoms with Crippen molar-refractivity contribution in [2.75, 3.05) is 16.4 Å². The van der Waals surface area contributed by atoms with Gasteiger partial charge in [0.2, 0.25) is 15.9 Å². The number of alkyl halides is 9. The van der Waals surface area contributed by atoms with Gasteiger partial charge in [-0.1, -0.05) is 46.6 Å². The van der Waals surface area contributed by atoms with E-state index < -0.39 is 43.4 Å². The summed E-state index contributed by atoms with van der Waals surface area (Å²) in [5, 5.41) is 4.22. The molecular weight excluding hydrogens is 724 g/mol. The lowest BCUT2D eigenvalue weighted by molar-refractivity contribution is -0.106. The molecule has 236 valence electrons. The number of carbonyl (C=O) groups excluding carboxylic acids is 2. The number of amides is 2. The van der Waals surface area contributed by atoms with Crippen LogP contribution in [-0.4, -0.2) is 27.0 Å². The summed E-state index contributed by atoms with van der Waals surface area (Å²) in [5.41, 5.74) is -4.00. The minimum Gasteiger partial charge on any atom is -0.396 e. The van der Waals surface area contributed by atoms with E-state index in [2.05, 4.69) is 5.32 Å². The molecule has 4 N–H and O–H groups in total. The molecule has 3 aromatic rings. The number of rotatable bonds is 7. The molecule has 20 heteroatoms. The minimum absolute atomic E-state index is 0.0821. The summed E-state index contributed by atoms with van der Waals surface area (Å²) in [6.45, 7) is 0. The lowest BCUT2D eigenvalue weighted by atomic mass is 10.3. The second kappa shape index (κ2) is 17.2. The molecule has 0 atom stereocenters. The molecule has 0 heterocycles. The second-order valence-electron chi connectivity index (χ2n) is 7.13. The normalized spacial score (nSPS) is 11.3. The maximum Gasteiger partial charge on any atom is 0.446 e. The van der Waals surface area contributed by atoms with Gasteiger partial charge in [0.1, 0.15) is 17.5 Å². The lowest BCUT2D eigenvalue weighted by Gasteiger charge is -2.10. The summed E-state index contributed by atoms with van der Waals surface area (Å²) < 4.78 is 108. The van der Waals surface area contributed by atoms with Gasteiger partial charge in [0.15, 0.2) is 0 Å². The summed E-state index contributed by atoms with van der Waals surface area (Å²) in [6, 6.07) is 9.95. The van der Waals surface area contributed by atoms with Crippen molar-refractivity contribution < 1.29 is 49.1 Å². The fraction of sp³-hybridized carbons (Fsp3) is 0.130. The van der Waals surface area contributed by atoms with Gasteiger partial charge in [0, 0.05) is 14.7 Å². The van der Waals surface area contributed by atoms with Crippen LogP contribution in [0.2, 0.25) is 0 Å². The van der Waals surface area contributed by atoms with E-state index in [1.165, 1.54) is 12.1 Å². The number of anilines is 3. The van der Waals surface area contributed by atoms with Crippen LogP contribution in [0.15, 0.2) is 69.3 Å². The van der Waals surface area contributed by atoms with Crippen LogP contribution in [0.25, 0.3) is 0 Å². The minimum atomic E-state index is -4.45. The third-order valence-corrected chi connectivity index (χ3v) is 6.84. The first-order valence-corrected chi connectivity index (χ1v) is 14.1. The van der Waals surface area contributed by atoms with Crippen molar-refractivity contribution in [1.29, 1.82) is 0 Å². The number of carbonyl (C=O) groups is 2. The zero-order valence-electron chi connectivity index (χ0n) is 20.5. The summed E-state index contributed by atoms with van der Waals surface area (Å²) in [7, 11) is 0. The highest BCUT2D eigenvalue weighted by atomic mass is 35.6. The van der Waals surface area contributed by atoms with E-state index in [0.717, 1.165) is 42.1 Å². The van der Waals surface area contributed by atoms with E-state index in [1.807, 2.05) is 5.32 Å². The van der Waals surface area contributed by atoms with Gasteiger partial charge < -0.3 is 16.4 Å². The number of thioether (sulfide) groups is 3. The highest BCUT2D eigenvalue weighted by Gasteiger charge is 2.30. The summed E-state index contributed by atoms with van der Waals surface area (Å²) in [4.78, 5) is 20.1. The lowest BCUT2D eigenvalue weighted by Crippen LogP contribution is -2.00. The van der Waals surface area contributed by atoms with Gasteiger partial charge in [0.25, 0.3) is 0 Å². The van der Waals surface area contributed by atoms with Crippen molar-refractivity contribution in [2.24, 2.45) is 0 Å². The van der Waals surface area contributed by atoms with E-state index in [-0.39, 0.29) is 45.0 Å². The zero-order valence-corrected chi connectivity index (χ0v) is 25.2. The molecule has 0 spiro atoms. The first-order valence-electron chi connectivity index (χ1n) is 10.5. The number of nitrogens with one attached hydrogen (secondary N) is 2. The molecule has 0 aliphatic rings. The van der Waals surface area contributed by atoms with Crippen LogP contribution in [-0.2, 0) is 9.59 Å². The van der Waals surface area contributed by atoms with Gasteiger partial charge >= 0.3 is 11.0 Å². The van der Waals surface area contributed by atoms with Crippen molar-refractivity contribution in [2.45, 2.75) is 28.8 Å². The van der Waals surface area contributed by atoms with Crippen LogP contribution >= 0.6 is 70.1 Å². The van der Waals surface area contributed by atoms with Crippen LogP contribution in [0.3, 0.4) is 0 Å². The molecule has 43 heavy (non-hydrogen) atoms. The molecule has 0 saturated carbocycles. The molecule has 0 radical (unpaired) electrons. The molecule has 0 fully saturated rings. The van der Waals surface area contributed by atoms with Crippen molar-refractivity contribution in [3.05, 3.63) is 72.0 Å². The summed E-state index contributed by atoms with van der Waals surface area (Å²) >= 11 is 16.7. The van der Waals surface area contributed by atoms with Gasteiger partial charge in [-0.05, 0) is 78.1 Å². The highest BCUT2D eigenvalue weighted by Crippen LogP contribution is 2.44. The van der Waals surface area contributed by atoms with Gasteiger partial charge in [-0.15, -0.1) is 0 Å². The largest absolute Gasteiger partial charge is 0.446 e.